The van der Waals surface area contributed by atoms with Crippen molar-refractivity contribution in [1.82, 2.24) is 9.88 Å². The van der Waals surface area contributed by atoms with Gasteiger partial charge in [-0.1, -0.05) is 0 Å². The second-order valence-corrected chi connectivity index (χ2v) is 4.74. The molecule has 1 unspecified atom stereocenters. The molecule has 0 radical (unpaired) electrons. The maximum absolute atomic E-state index is 12.4. The Kier molecular flexibility index (Phi) is 3.69. The number of carboxylic acids is 1. The quantitative estimate of drug-likeness (QED) is 0.825. The van der Waals surface area contributed by atoms with Crippen molar-refractivity contribution in [2.24, 2.45) is 0 Å². The van der Waals surface area contributed by atoms with Crippen molar-refractivity contribution in [3.63, 3.8) is 0 Å². The number of carbonyl (C=O) groups is 2. The summed E-state index contributed by atoms with van der Waals surface area (Å²) in [4.78, 5) is 38.6. The molecule has 0 spiro atoms. The third-order valence-corrected chi connectivity index (χ3v) is 3.41. The Morgan fingerprint density at radius 1 is 1.42 bits per heavy atom. The van der Waals surface area contributed by atoms with Gasteiger partial charge in [-0.15, -0.1) is 0 Å². The van der Waals surface area contributed by atoms with Crippen LogP contribution in [0.2, 0.25) is 0 Å². The molecule has 2 heterocycles. The summed E-state index contributed by atoms with van der Waals surface area (Å²) in [7, 11) is 0. The number of nitrogens with one attached hydrogen (secondary N) is 1. The number of aryl methyl sites for hydroxylation is 1. The van der Waals surface area contributed by atoms with E-state index in [1.54, 1.807) is 6.92 Å². The highest BCUT2D eigenvalue weighted by Crippen LogP contribution is 2.20. The standard InChI is InChI=1S/C13H16N2O4/c1-8-6-11(16)14-7-9(8)12(17)15-5-3-2-4-10(15)13(18)19/h6-7,10H,2-5H2,1H3,(H,14,16)(H,18,19). The molecule has 1 aliphatic rings. The first-order valence-electron chi connectivity index (χ1n) is 6.24. The van der Waals surface area contributed by atoms with Gasteiger partial charge in [0.15, 0.2) is 0 Å². The molecule has 6 nitrogen and oxygen atoms in total. The summed E-state index contributed by atoms with van der Waals surface area (Å²) in [6, 6.07) is 0.569. The Hall–Kier alpha value is -2.11. The lowest BCUT2D eigenvalue weighted by molar-refractivity contribution is -0.143. The third kappa shape index (κ3) is 2.67. The van der Waals surface area contributed by atoms with Gasteiger partial charge < -0.3 is 15.0 Å². The summed E-state index contributed by atoms with van der Waals surface area (Å²) < 4.78 is 0. The van der Waals surface area contributed by atoms with E-state index in [2.05, 4.69) is 4.98 Å². The number of rotatable bonds is 2. The molecule has 0 bridgehead atoms. The molecule has 6 heteroatoms. The van der Waals surface area contributed by atoms with Crippen molar-refractivity contribution < 1.29 is 14.7 Å². The van der Waals surface area contributed by atoms with Crippen molar-refractivity contribution >= 4 is 11.9 Å². The number of hydrogen-bond acceptors (Lipinski definition) is 3. The summed E-state index contributed by atoms with van der Waals surface area (Å²) in [5.74, 6) is -1.31. The number of amides is 1. The van der Waals surface area contributed by atoms with Gasteiger partial charge in [0.2, 0.25) is 5.56 Å². The van der Waals surface area contributed by atoms with Crippen LogP contribution in [0.5, 0.6) is 0 Å². The second-order valence-electron chi connectivity index (χ2n) is 4.74. The fraction of sp³-hybridized carbons (Fsp3) is 0.462. The molecule has 1 atom stereocenters. The highest BCUT2D eigenvalue weighted by molar-refractivity contribution is 5.97. The molecule has 0 aromatic carbocycles. The molecule has 1 aromatic rings. The number of aromatic amines is 1. The number of aromatic nitrogens is 1. The van der Waals surface area contributed by atoms with Crippen LogP contribution in [0.15, 0.2) is 17.1 Å². The molecule has 1 fully saturated rings. The predicted molar refractivity (Wildman–Crippen MR) is 68.1 cm³/mol. The van der Waals surface area contributed by atoms with Crippen LogP contribution in [-0.2, 0) is 4.79 Å². The van der Waals surface area contributed by atoms with Crippen LogP contribution in [0.3, 0.4) is 0 Å². The lowest BCUT2D eigenvalue weighted by Gasteiger charge is -2.33. The number of H-pyrrole nitrogens is 1. The normalized spacial score (nSPS) is 19.2. The molecule has 102 valence electrons. The van der Waals surface area contributed by atoms with Gasteiger partial charge in [0, 0.05) is 18.8 Å². The Morgan fingerprint density at radius 2 is 2.16 bits per heavy atom. The summed E-state index contributed by atoms with van der Waals surface area (Å²) >= 11 is 0. The number of carbonyl (C=O) groups excluding carboxylic acids is 1. The lowest BCUT2D eigenvalue weighted by Crippen LogP contribution is -2.48. The van der Waals surface area contributed by atoms with E-state index in [9.17, 15) is 14.4 Å². The number of piperidine rings is 1. The monoisotopic (exact) mass is 264 g/mol. The van der Waals surface area contributed by atoms with Crippen molar-refractivity contribution in [3.05, 3.63) is 33.7 Å². The van der Waals surface area contributed by atoms with Gasteiger partial charge in [0.25, 0.3) is 5.91 Å². The van der Waals surface area contributed by atoms with Crippen LogP contribution in [-0.4, -0.2) is 39.5 Å². The Labute approximate surface area is 110 Å². The van der Waals surface area contributed by atoms with E-state index < -0.39 is 12.0 Å². The van der Waals surface area contributed by atoms with E-state index >= 15 is 0 Å². The van der Waals surface area contributed by atoms with Crippen LogP contribution in [0.4, 0.5) is 0 Å². The summed E-state index contributed by atoms with van der Waals surface area (Å²) in [6.07, 6.45) is 3.44. The average Bonchev–Trinajstić information content (AvgIpc) is 2.38. The second kappa shape index (κ2) is 5.26. The Bertz CT molecular complexity index is 564. The largest absolute Gasteiger partial charge is 0.480 e. The highest BCUT2D eigenvalue weighted by atomic mass is 16.4. The first-order valence-corrected chi connectivity index (χ1v) is 6.24. The van der Waals surface area contributed by atoms with Gasteiger partial charge in [-0.05, 0) is 31.7 Å². The smallest absolute Gasteiger partial charge is 0.326 e. The zero-order valence-electron chi connectivity index (χ0n) is 10.7. The lowest BCUT2D eigenvalue weighted by atomic mass is 10.0. The number of pyridine rings is 1. The molecular weight excluding hydrogens is 248 g/mol. The number of hydrogen-bond donors (Lipinski definition) is 2. The minimum Gasteiger partial charge on any atom is -0.480 e. The number of carboxylic acid groups (broad SMARTS) is 1. The van der Waals surface area contributed by atoms with Gasteiger partial charge in [-0.3, -0.25) is 9.59 Å². The zero-order valence-corrected chi connectivity index (χ0v) is 10.7. The van der Waals surface area contributed by atoms with Gasteiger partial charge in [0.1, 0.15) is 6.04 Å². The van der Waals surface area contributed by atoms with E-state index in [1.807, 2.05) is 0 Å². The Morgan fingerprint density at radius 3 is 2.79 bits per heavy atom. The van der Waals surface area contributed by atoms with Crippen LogP contribution in [0, 0.1) is 6.92 Å². The number of likely N-dealkylation sites (tertiary alicyclic amines) is 1. The molecule has 19 heavy (non-hydrogen) atoms. The SMILES string of the molecule is Cc1cc(=O)[nH]cc1C(=O)N1CCCCC1C(=O)O. The van der Waals surface area contributed by atoms with E-state index in [-0.39, 0.29) is 11.5 Å². The van der Waals surface area contributed by atoms with Crippen molar-refractivity contribution in [2.75, 3.05) is 6.54 Å². The molecule has 0 saturated carbocycles. The van der Waals surface area contributed by atoms with Crippen molar-refractivity contribution in [3.8, 4) is 0 Å². The number of aliphatic carboxylic acids is 1. The number of nitrogens with zero attached hydrogens (tertiary/aromatic N) is 1. The van der Waals surface area contributed by atoms with E-state index in [0.29, 0.717) is 24.1 Å². The average molecular weight is 264 g/mol. The fourth-order valence-corrected chi connectivity index (χ4v) is 2.39. The molecule has 1 aromatic heterocycles. The minimum absolute atomic E-state index is 0.275. The fourth-order valence-electron chi connectivity index (χ4n) is 2.39. The summed E-state index contributed by atoms with van der Waals surface area (Å²) in [5, 5.41) is 9.17. The molecule has 1 aliphatic heterocycles. The van der Waals surface area contributed by atoms with Gasteiger partial charge in [-0.2, -0.15) is 0 Å². The molecule has 2 rings (SSSR count). The van der Waals surface area contributed by atoms with Gasteiger partial charge >= 0.3 is 5.97 Å². The molecule has 2 N–H and O–H groups in total. The maximum Gasteiger partial charge on any atom is 0.326 e. The molecule has 1 saturated heterocycles. The molecule has 1 amide bonds. The van der Waals surface area contributed by atoms with Crippen LogP contribution >= 0.6 is 0 Å². The zero-order chi connectivity index (χ0) is 14.0. The van der Waals surface area contributed by atoms with Crippen molar-refractivity contribution in [2.45, 2.75) is 32.2 Å². The first kappa shape index (κ1) is 13.3. The third-order valence-electron chi connectivity index (χ3n) is 3.41. The topological polar surface area (TPSA) is 90.5 Å². The maximum atomic E-state index is 12.4. The summed E-state index contributed by atoms with van der Waals surface area (Å²) in [6.45, 7) is 2.11. The van der Waals surface area contributed by atoms with E-state index in [4.69, 9.17) is 5.11 Å². The van der Waals surface area contributed by atoms with E-state index in [0.717, 1.165) is 12.8 Å². The van der Waals surface area contributed by atoms with Crippen LogP contribution in [0.25, 0.3) is 0 Å². The predicted octanol–water partition coefficient (Wildman–Crippen LogP) is 0.763. The van der Waals surface area contributed by atoms with Gasteiger partial charge in [0.05, 0.1) is 5.56 Å². The first-order chi connectivity index (χ1) is 9.00. The van der Waals surface area contributed by atoms with E-state index in [1.165, 1.54) is 17.2 Å². The Balaban J connectivity index is 2.31. The minimum atomic E-state index is -0.977. The molecule has 0 aliphatic carbocycles. The van der Waals surface area contributed by atoms with Crippen LogP contribution in [0.1, 0.15) is 35.2 Å². The van der Waals surface area contributed by atoms with Gasteiger partial charge in [-0.25, -0.2) is 4.79 Å². The highest BCUT2D eigenvalue weighted by Gasteiger charge is 2.32. The molecular formula is C13H16N2O4. The van der Waals surface area contributed by atoms with Crippen molar-refractivity contribution in [1.29, 1.82) is 0 Å². The summed E-state index contributed by atoms with van der Waals surface area (Å²) in [5.41, 5.74) is 0.638. The van der Waals surface area contributed by atoms with Crippen LogP contribution < -0.4 is 5.56 Å².